The van der Waals surface area contributed by atoms with Crippen molar-refractivity contribution in [1.82, 2.24) is 0 Å². The van der Waals surface area contributed by atoms with E-state index in [2.05, 4.69) is 0 Å². The van der Waals surface area contributed by atoms with Gasteiger partial charge in [-0.2, -0.15) is 0 Å². The molecular formula is C17H27NO3. The maximum Gasteiger partial charge on any atom is 0.161 e. The largest absolute Gasteiger partial charge is 0.490 e. The van der Waals surface area contributed by atoms with E-state index in [0.29, 0.717) is 25.7 Å². The standard InChI is InChI=1S/C17H27NO3/c1-4-19-14-10-9-13(11-15(14)20-5-2)16(18)17(21-6-3)12-7-8-12/h9-12,16-17H,4-8,18H2,1-3H3. The van der Waals surface area contributed by atoms with E-state index in [1.165, 1.54) is 12.8 Å². The van der Waals surface area contributed by atoms with Gasteiger partial charge in [-0.25, -0.2) is 0 Å². The van der Waals surface area contributed by atoms with Crippen LogP contribution in [0.3, 0.4) is 0 Å². The van der Waals surface area contributed by atoms with Gasteiger partial charge in [0.15, 0.2) is 11.5 Å². The lowest BCUT2D eigenvalue weighted by Gasteiger charge is -2.25. The van der Waals surface area contributed by atoms with Gasteiger partial charge in [0.25, 0.3) is 0 Å². The summed E-state index contributed by atoms with van der Waals surface area (Å²) in [7, 11) is 0. The van der Waals surface area contributed by atoms with Crippen molar-refractivity contribution < 1.29 is 14.2 Å². The maximum atomic E-state index is 6.43. The first kappa shape index (κ1) is 16.1. The molecular weight excluding hydrogens is 266 g/mol. The molecule has 1 aromatic rings. The topological polar surface area (TPSA) is 53.7 Å². The van der Waals surface area contributed by atoms with Crippen molar-refractivity contribution in [3.63, 3.8) is 0 Å². The van der Waals surface area contributed by atoms with E-state index in [9.17, 15) is 0 Å². The first-order valence-electron chi connectivity index (χ1n) is 7.97. The Morgan fingerprint density at radius 3 is 2.29 bits per heavy atom. The van der Waals surface area contributed by atoms with Crippen LogP contribution in [0.4, 0.5) is 0 Å². The third kappa shape index (κ3) is 4.11. The van der Waals surface area contributed by atoms with Gasteiger partial charge in [-0.15, -0.1) is 0 Å². The summed E-state index contributed by atoms with van der Waals surface area (Å²) in [4.78, 5) is 0. The highest BCUT2D eigenvalue weighted by molar-refractivity contribution is 5.44. The maximum absolute atomic E-state index is 6.43. The highest BCUT2D eigenvalue weighted by Gasteiger charge is 2.36. The summed E-state index contributed by atoms with van der Waals surface area (Å²) in [6.45, 7) is 7.88. The molecule has 4 heteroatoms. The van der Waals surface area contributed by atoms with Crippen molar-refractivity contribution >= 4 is 0 Å². The Morgan fingerprint density at radius 2 is 1.71 bits per heavy atom. The van der Waals surface area contributed by atoms with Crippen LogP contribution in [0.15, 0.2) is 18.2 Å². The van der Waals surface area contributed by atoms with Crippen LogP contribution in [-0.4, -0.2) is 25.9 Å². The molecule has 0 spiro atoms. The lowest BCUT2D eigenvalue weighted by Crippen LogP contribution is -2.31. The molecule has 21 heavy (non-hydrogen) atoms. The van der Waals surface area contributed by atoms with Gasteiger partial charge in [0.2, 0.25) is 0 Å². The van der Waals surface area contributed by atoms with Crippen LogP contribution in [0.25, 0.3) is 0 Å². The van der Waals surface area contributed by atoms with Gasteiger partial charge in [-0.1, -0.05) is 6.07 Å². The third-order valence-electron chi connectivity index (χ3n) is 3.75. The second-order valence-corrected chi connectivity index (χ2v) is 5.36. The van der Waals surface area contributed by atoms with Gasteiger partial charge >= 0.3 is 0 Å². The first-order chi connectivity index (χ1) is 10.2. The molecule has 0 radical (unpaired) electrons. The monoisotopic (exact) mass is 293 g/mol. The van der Waals surface area contributed by atoms with Crippen LogP contribution < -0.4 is 15.2 Å². The minimum Gasteiger partial charge on any atom is -0.490 e. The van der Waals surface area contributed by atoms with E-state index in [0.717, 1.165) is 17.1 Å². The molecule has 1 aromatic carbocycles. The van der Waals surface area contributed by atoms with E-state index in [4.69, 9.17) is 19.9 Å². The molecule has 1 aliphatic rings. The molecule has 0 saturated heterocycles. The Bertz CT molecular complexity index is 446. The Morgan fingerprint density at radius 1 is 1.05 bits per heavy atom. The van der Waals surface area contributed by atoms with E-state index in [-0.39, 0.29) is 12.1 Å². The van der Waals surface area contributed by atoms with Crippen LogP contribution in [0, 0.1) is 5.92 Å². The van der Waals surface area contributed by atoms with Gasteiger partial charge < -0.3 is 19.9 Å². The van der Waals surface area contributed by atoms with Crippen LogP contribution in [0.2, 0.25) is 0 Å². The summed E-state index contributed by atoms with van der Waals surface area (Å²) in [6, 6.07) is 5.84. The molecule has 0 amide bonds. The first-order valence-corrected chi connectivity index (χ1v) is 7.97. The average molecular weight is 293 g/mol. The zero-order chi connectivity index (χ0) is 15.2. The lowest BCUT2D eigenvalue weighted by atomic mass is 9.98. The Labute approximate surface area is 127 Å². The number of benzene rings is 1. The highest BCUT2D eigenvalue weighted by atomic mass is 16.5. The molecule has 0 aliphatic heterocycles. The molecule has 1 aliphatic carbocycles. The van der Waals surface area contributed by atoms with Crippen molar-refractivity contribution in [1.29, 1.82) is 0 Å². The minimum atomic E-state index is -0.118. The van der Waals surface area contributed by atoms with Gasteiger partial charge in [0, 0.05) is 6.61 Å². The van der Waals surface area contributed by atoms with E-state index in [1.807, 2.05) is 39.0 Å². The fourth-order valence-corrected chi connectivity index (χ4v) is 2.61. The molecule has 2 unspecified atom stereocenters. The highest BCUT2D eigenvalue weighted by Crippen LogP contribution is 2.40. The Kier molecular flexibility index (Phi) is 5.88. The van der Waals surface area contributed by atoms with Crippen molar-refractivity contribution in [3.05, 3.63) is 23.8 Å². The number of nitrogens with two attached hydrogens (primary N) is 1. The molecule has 118 valence electrons. The van der Waals surface area contributed by atoms with Crippen molar-refractivity contribution in [2.24, 2.45) is 11.7 Å². The molecule has 1 saturated carbocycles. The summed E-state index contributed by atoms with van der Waals surface area (Å²) >= 11 is 0. The van der Waals surface area contributed by atoms with Crippen LogP contribution in [0.5, 0.6) is 11.5 Å². The number of ether oxygens (including phenoxy) is 3. The summed E-state index contributed by atoms with van der Waals surface area (Å²) < 4.78 is 17.1. The molecule has 2 rings (SSSR count). The van der Waals surface area contributed by atoms with E-state index >= 15 is 0 Å². The number of rotatable bonds is 9. The zero-order valence-corrected chi connectivity index (χ0v) is 13.3. The Balaban J connectivity index is 2.19. The van der Waals surface area contributed by atoms with Crippen LogP contribution in [0.1, 0.15) is 45.2 Å². The normalized spacial score (nSPS) is 17.3. The SMILES string of the molecule is CCOc1ccc(C(N)C(OCC)C2CC2)cc1OCC. The summed E-state index contributed by atoms with van der Waals surface area (Å²) in [5.41, 5.74) is 7.48. The molecule has 0 heterocycles. The zero-order valence-electron chi connectivity index (χ0n) is 13.3. The molecule has 2 N–H and O–H groups in total. The predicted octanol–water partition coefficient (Wildman–Crippen LogP) is 3.30. The average Bonchev–Trinajstić information content (AvgIpc) is 3.31. The van der Waals surface area contributed by atoms with Crippen molar-refractivity contribution in [2.45, 2.75) is 45.8 Å². The summed E-state index contributed by atoms with van der Waals surface area (Å²) in [6.07, 6.45) is 2.53. The van der Waals surface area contributed by atoms with Crippen molar-refractivity contribution in [3.8, 4) is 11.5 Å². The van der Waals surface area contributed by atoms with Crippen LogP contribution >= 0.6 is 0 Å². The van der Waals surface area contributed by atoms with Crippen molar-refractivity contribution in [2.75, 3.05) is 19.8 Å². The minimum absolute atomic E-state index is 0.0995. The second kappa shape index (κ2) is 7.66. The molecule has 4 nitrogen and oxygen atoms in total. The van der Waals surface area contributed by atoms with Gasteiger partial charge in [-0.05, 0) is 57.2 Å². The fourth-order valence-electron chi connectivity index (χ4n) is 2.61. The molecule has 1 fully saturated rings. The summed E-state index contributed by atoms with van der Waals surface area (Å²) in [5, 5.41) is 0. The van der Waals surface area contributed by atoms with Gasteiger partial charge in [0.1, 0.15) is 0 Å². The quantitative estimate of drug-likeness (QED) is 0.759. The predicted molar refractivity (Wildman–Crippen MR) is 83.8 cm³/mol. The molecule has 0 bridgehead atoms. The summed E-state index contributed by atoms with van der Waals surface area (Å²) in [5.74, 6) is 2.13. The lowest BCUT2D eigenvalue weighted by molar-refractivity contribution is 0.0282. The van der Waals surface area contributed by atoms with E-state index < -0.39 is 0 Å². The Hall–Kier alpha value is -1.26. The number of hydrogen-bond donors (Lipinski definition) is 1. The van der Waals surface area contributed by atoms with Crippen LogP contribution in [-0.2, 0) is 4.74 Å². The fraction of sp³-hybridized carbons (Fsp3) is 0.647. The van der Waals surface area contributed by atoms with Gasteiger partial charge in [-0.3, -0.25) is 0 Å². The van der Waals surface area contributed by atoms with E-state index in [1.54, 1.807) is 0 Å². The number of hydrogen-bond acceptors (Lipinski definition) is 4. The third-order valence-corrected chi connectivity index (χ3v) is 3.75. The van der Waals surface area contributed by atoms with Gasteiger partial charge in [0.05, 0.1) is 25.4 Å². The second-order valence-electron chi connectivity index (χ2n) is 5.36. The molecule has 2 atom stereocenters. The molecule has 0 aromatic heterocycles. The smallest absolute Gasteiger partial charge is 0.161 e.